The minimum Gasteiger partial charge on any atom is -0.480 e. The SMILES string of the molecule is CCC(NC(COC)C(=O)O)c1nccs1. The third kappa shape index (κ3) is 3.55. The van der Waals surface area contributed by atoms with Gasteiger partial charge in [-0.05, 0) is 6.42 Å². The summed E-state index contributed by atoms with van der Waals surface area (Å²) in [4.78, 5) is 15.1. The minimum atomic E-state index is -0.906. The van der Waals surface area contributed by atoms with Crippen molar-refractivity contribution >= 4 is 17.3 Å². The molecular formula is C10H16N2O3S. The molecule has 0 aliphatic heterocycles. The molecule has 90 valence electrons. The van der Waals surface area contributed by atoms with Crippen LogP contribution < -0.4 is 5.32 Å². The van der Waals surface area contributed by atoms with Gasteiger partial charge in [0.2, 0.25) is 0 Å². The van der Waals surface area contributed by atoms with Crippen molar-refractivity contribution in [3.8, 4) is 0 Å². The summed E-state index contributed by atoms with van der Waals surface area (Å²) in [6.07, 6.45) is 2.51. The lowest BCUT2D eigenvalue weighted by molar-refractivity contribution is -0.141. The van der Waals surface area contributed by atoms with E-state index >= 15 is 0 Å². The molecule has 0 spiro atoms. The highest BCUT2D eigenvalue weighted by atomic mass is 32.1. The quantitative estimate of drug-likeness (QED) is 0.756. The van der Waals surface area contributed by atoms with Crippen molar-refractivity contribution in [2.45, 2.75) is 25.4 Å². The maximum absolute atomic E-state index is 11.0. The van der Waals surface area contributed by atoms with Crippen LogP contribution in [-0.2, 0) is 9.53 Å². The first-order valence-electron chi connectivity index (χ1n) is 5.06. The number of carboxylic acids is 1. The van der Waals surface area contributed by atoms with Crippen LogP contribution >= 0.6 is 11.3 Å². The van der Waals surface area contributed by atoms with Gasteiger partial charge in [0.05, 0.1) is 12.6 Å². The summed E-state index contributed by atoms with van der Waals surface area (Å²) in [5, 5.41) is 14.8. The van der Waals surface area contributed by atoms with Crippen LogP contribution in [0.15, 0.2) is 11.6 Å². The van der Waals surface area contributed by atoms with Crippen LogP contribution in [0.25, 0.3) is 0 Å². The second kappa shape index (κ2) is 6.57. The molecule has 0 amide bonds. The molecule has 1 aromatic rings. The number of hydrogen-bond donors (Lipinski definition) is 2. The van der Waals surface area contributed by atoms with E-state index in [0.717, 1.165) is 11.4 Å². The van der Waals surface area contributed by atoms with Gasteiger partial charge in [0, 0.05) is 18.7 Å². The molecule has 2 unspecified atom stereocenters. The number of ether oxygens (including phenoxy) is 1. The first-order chi connectivity index (χ1) is 7.69. The summed E-state index contributed by atoms with van der Waals surface area (Å²) in [5.41, 5.74) is 0. The van der Waals surface area contributed by atoms with Gasteiger partial charge < -0.3 is 9.84 Å². The van der Waals surface area contributed by atoms with E-state index in [-0.39, 0.29) is 12.6 Å². The molecule has 1 aromatic heterocycles. The highest BCUT2D eigenvalue weighted by molar-refractivity contribution is 7.09. The molecule has 2 atom stereocenters. The number of rotatable bonds is 7. The van der Waals surface area contributed by atoms with Crippen LogP contribution in [0.3, 0.4) is 0 Å². The van der Waals surface area contributed by atoms with Crippen molar-refractivity contribution in [3.63, 3.8) is 0 Å². The van der Waals surface area contributed by atoms with Crippen LogP contribution in [0.4, 0.5) is 0 Å². The van der Waals surface area contributed by atoms with Crippen molar-refractivity contribution in [1.82, 2.24) is 10.3 Å². The molecule has 1 heterocycles. The number of carboxylic acid groups (broad SMARTS) is 1. The standard InChI is InChI=1S/C10H16N2O3S/c1-3-7(9-11-4-5-16-9)12-8(6-15-2)10(13)14/h4-5,7-8,12H,3,6H2,1-2H3,(H,13,14). The van der Waals surface area contributed by atoms with Gasteiger partial charge in [-0.15, -0.1) is 11.3 Å². The molecule has 0 aliphatic carbocycles. The number of aromatic nitrogens is 1. The Morgan fingerprint density at radius 1 is 1.75 bits per heavy atom. The first-order valence-corrected chi connectivity index (χ1v) is 5.94. The molecule has 2 N–H and O–H groups in total. The lowest BCUT2D eigenvalue weighted by atomic mass is 10.2. The first kappa shape index (κ1) is 13.1. The van der Waals surface area contributed by atoms with Gasteiger partial charge in [0.1, 0.15) is 11.0 Å². The maximum atomic E-state index is 11.0. The largest absolute Gasteiger partial charge is 0.480 e. The summed E-state index contributed by atoms with van der Waals surface area (Å²) >= 11 is 1.52. The zero-order valence-corrected chi connectivity index (χ0v) is 10.2. The fourth-order valence-corrected chi connectivity index (χ4v) is 2.15. The number of aliphatic carboxylic acids is 1. The van der Waals surface area contributed by atoms with Gasteiger partial charge in [0.15, 0.2) is 0 Å². The van der Waals surface area contributed by atoms with Crippen molar-refractivity contribution in [2.24, 2.45) is 0 Å². The molecule has 0 fully saturated rings. The third-order valence-corrected chi connectivity index (χ3v) is 3.08. The topological polar surface area (TPSA) is 71.5 Å². The highest BCUT2D eigenvalue weighted by Gasteiger charge is 2.22. The fourth-order valence-electron chi connectivity index (χ4n) is 1.37. The van der Waals surface area contributed by atoms with Crippen LogP contribution in [0, 0.1) is 0 Å². The van der Waals surface area contributed by atoms with Gasteiger partial charge in [-0.25, -0.2) is 4.98 Å². The zero-order valence-electron chi connectivity index (χ0n) is 9.34. The second-order valence-corrected chi connectivity index (χ2v) is 4.27. The van der Waals surface area contributed by atoms with Gasteiger partial charge >= 0.3 is 5.97 Å². The number of nitrogens with zero attached hydrogens (tertiary/aromatic N) is 1. The zero-order chi connectivity index (χ0) is 12.0. The number of hydrogen-bond acceptors (Lipinski definition) is 5. The van der Waals surface area contributed by atoms with E-state index in [2.05, 4.69) is 10.3 Å². The van der Waals surface area contributed by atoms with E-state index in [1.54, 1.807) is 6.20 Å². The Morgan fingerprint density at radius 3 is 2.94 bits per heavy atom. The average Bonchev–Trinajstić information content (AvgIpc) is 2.77. The number of methoxy groups -OCH3 is 1. The molecule has 0 bridgehead atoms. The number of nitrogens with one attached hydrogen (secondary N) is 1. The molecule has 0 radical (unpaired) electrons. The lowest BCUT2D eigenvalue weighted by Gasteiger charge is -2.19. The maximum Gasteiger partial charge on any atom is 0.323 e. The molecule has 0 aromatic carbocycles. The monoisotopic (exact) mass is 244 g/mol. The molecular weight excluding hydrogens is 228 g/mol. The fraction of sp³-hybridized carbons (Fsp3) is 0.600. The Hall–Kier alpha value is -0.980. The van der Waals surface area contributed by atoms with E-state index in [0.29, 0.717) is 0 Å². The second-order valence-electron chi connectivity index (χ2n) is 3.34. The number of carbonyl (C=O) groups is 1. The smallest absolute Gasteiger partial charge is 0.323 e. The Bertz CT molecular complexity index is 316. The average molecular weight is 244 g/mol. The van der Waals surface area contributed by atoms with Crippen LogP contribution in [-0.4, -0.2) is 35.8 Å². The summed E-state index contributed by atoms with van der Waals surface area (Å²) in [7, 11) is 1.49. The summed E-state index contributed by atoms with van der Waals surface area (Å²) in [5.74, 6) is -0.906. The van der Waals surface area contributed by atoms with Crippen molar-refractivity contribution in [3.05, 3.63) is 16.6 Å². The molecule has 5 nitrogen and oxygen atoms in total. The van der Waals surface area contributed by atoms with Crippen LogP contribution in [0.2, 0.25) is 0 Å². The van der Waals surface area contributed by atoms with Gasteiger partial charge in [-0.2, -0.15) is 0 Å². The van der Waals surface area contributed by atoms with Gasteiger partial charge in [-0.3, -0.25) is 10.1 Å². The van der Waals surface area contributed by atoms with Crippen molar-refractivity contribution in [1.29, 1.82) is 0 Å². The highest BCUT2D eigenvalue weighted by Crippen LogP contribution is 2.19. The van der Waals surface area contributed by atoms with E-state index in [1.807, 2.05) is 12.3 Å². The molecule has 6 heteroatoms. The molecule has 16 heavy (non-hydrogen) atoms. The molecule has 1 rings (SSSR count). The Balaban J connectivity index is 2.64. The Morgan fingerprint density at radius 2 is 2.50 bits per heavy atom. The summed E-state index contributed by atoms with van der Waals surface area (Å²) in [6, 6.07) is -0.727. The van der Waals surface area contributed by atoms with E-state index < -0.39 is 12.0 Å². The van der Waals surface area contributed by atoms with E-state index in [9.17, 15) is 4.79 Å². The van der Waals surface area contributed by atoms with Gasteiger partial charge in [0.25, 0.3) is 0 Å². The molecule has 0 saturated heterocycles. The van der Waals surface area contributed by atoms with Gasteiger partial charge in [-0.1, -0.05) is 6.92 Å². The predicted molar refractivity (Wildman–Crippen MR) is 61.6 cm³/mol. The van der Waals surface area contributed by atoms with E-state index in [1.165, 1.54) is 18.4 Å². The summed E-state index contributed by atoms with van der Waals surface area (Å²) < 4.78 is 4.87. The van der Waals surface area contributed by atoms with E-state index in [4.69, 9.17) is 9.84 Å². The number of thiazole rings is 1. The van der Waals surface area contributed by atoms with Crippen molar-refractivity contribution in [2.75, 3.05) is 13.7 Å². The normalized spacial score (nSPS) is 14.6. The third-order valence-electron chi connectivity index (χ3n) is 2.19. The predicted octanol–water partition coefficient (Wildman–Crippen LogP) is 1.28. The van der Waals surface area contributed by atoms with Crippen LogP contribution in [0.5, 0.6) is 0 Å². The Labute approximate surface area is 98.5 Å². The lowest BCUT2D eigenvalue weighted by Crippen LogP contribution is -2.42. The summed E-state index contributed by atoms with van der Waals surface area (Å²) in [6.45, 7) is 2.14. The molecule has 0 saturated carbocycles. The minimum absolute atomic E-state index is 0.0313. The Kier molecular flexibility index (Phi) is 5.37. The van der Waals surface area contributed by atoms with Crippen molar-refractivity contribution < 1.29 is 14.6 Å². The molecule has 0 aliphatic rings. The van der Waals surface area contributed by atoms with Crippen LogP contribution in [0.1, 0.15) is 24.4 Å².